The van der Waals surface area contributed by atoms with E-state index in [1.807, 2.05) is 6.07 Å². The van der Waals surface area contributed by atoms with Crippen molar-refractivity contribution in [3.05, 3.63) is 23.9 Å². The van der Waals surface area contributed by atoms with Gasteiger partial charge in [0.05, 0.1) is 5.56 Å². The molecule has 2 heterocycles. The number of piperidine rings is 1. The Morgan fingerprint density at radius 2 is 2.31 bits per heavy atom. The van der Waals surface area contributed by atoms with Gasteiger partial charge in [-0.25, -0.2) is 9.78 Å². The van der Waals surface area contributed by atoms with Crippen LogP contribution in [0.25, 0.3) is 0 Å². The lowest BCUT2D eigenvalue weighted by Gasteiger charge is -2.27. The molecule has 0 radical (unpaired) electrons. The van der Waals surface area contributed by atoms with Crippen molar-refractivity contribution in [3.63, 3.8) is 0 Å². The van der Waals surface area contributed by atoms with Gasteiger partial charge in [0.25, 0.3) is 0 Å². The Labute approximate surface area is 93.9 Å². The van der Waals surface area contributed by atoms with E-state index in [-0.39, 0.29) is 5.56 Å². The summed E-state index contributed by atoms with van der Waals surface area (Å²) in [6.07, 6.45) is 5.33. The quantitative estimate of drug-likeness (QED) is 0.822. The highest BCUT2D eigenvalue weighted by Crippen LogP contribution is 2.39. The third-order valence-corrected chi connectivity index (χ3v) is 3.70. The van der Waals surface area contributed by atoms with Gasteiger partial charge in [-0.1, -0.05) is 0 Å². The van der Waals surface area contributed by atoms with Gasteiger partial charge in [-0.15, -0.1) is 0 Å². The predicted molar refractivity (Wildman–Crippen MR) is 59.7 cm³/mol. The van der Waals surface area contributed by atoms with Crippen molar-refractivity contribution < 1.29 is 9.90 Å². The van der Waals surface area contributed by atoms with Crippen molar-refractivity contribution in [2.24, 2.45) is 5.92 Å². The minimum atomic E-state index is -0.915. The Bertz CT molecular complexity index is 416. The topological polar surface area (TPSA) is 53.4 Å². The summed E-state index contributed by atoms with van der Waals surface area (Å²) >= 11 is 0. The summed E-state index contributed by atoms with van der Waals surface area (Å²) in [6.45, 7) is 1.09. The van der Waals surface area contributed by atoms with Crippen molar-refractivity contribution in [3.8, 4) is 0 Å². The maximum Gasteiger partial charge on any atom is 0.337 e. The number of carbonyl (C=O) groups is 1. The van der Waals surface area contributed by atoms with Gasteiger partial charge in [-0.2, -0.15) is 0 Å². The van der Waals surface area contributed by atoms with E-state index in [1.54, 1.807) is 6.07 Å². The van der Waals surface area contributed by atoms with Crippen LogP contribution >= 0.6 is 0 Å². The van der Waals surface area contributed by atoms with Gasteiger partial charge in [-0.05, 0) is 37.3 Å². The molecular formula is C12H14N2O2. The zero-order chi connectivity index (χ0) is 11.1. The molecule has 1 aromatic rings. The molecule has 4 nitrogen and oxygen atoms in total. The lowest BCUT2D eigenvalue weighted by Crippen LogP contribution is -2.32. The Kier molecular flexibility index (Phi) is 2.09. The second kappa shape index (κ2) is 3.47. The van der Waals surface area contributed by atoms with Crippen LogP contribution in [0.15, 0.2) is 18.3 Å². The maximum atomic E-state index is 10.7. The smallest absolute Gasteiger partial charge is 0.337 e. The first-order valence-electron chi connectivity index (χ1n) is 5.70. The summed E-state index contributed by atoms with van der Waals surface area (Å²) < 4.78 is 0. The highest BCUT2D eigenvalue weighted by atomic mass is 16.4. The number of carboxylic acids is 1. The molecule has 4 heteroatoms. The number of aromatic carboxylic acids is 1. The summed E-state index contributed by atoms with van der Waals surface area (Å²) in [5.74, 6) is 0.838. The normalized spacial score (nSPS) is 27.4. The number of anilines is 1. The SMILES string of the molecule is O=C(O)c1ccc(N2C[C@H]3CC[C@H]2C3)nc1. The van der Waals surface area contributed by atoms with Gasteiger partial charge in [0, 0.05) is 18.8 Å². The summed E-state index contributed by atoms with van der Waals surface area (Å²) in [6, 6.07) is 4.09. The van der Waals surface area contributed by atoms with E-state index in [4.69, 9.17) is 5.11 Å². The van der Waals surface area contributed by atoms with E-state index < -0.39 is 5.97 Å². The van der Waals surface area contributed by atoms with Gasteiger partial charge < -0.3 is 10.0 Å². The van der Waals surface area contributed by atoms with E-state index in [0.717, 1.165) is 18.3 Å². The number of hydrogen-bond acceptors (Lipinski definition) is 3. The van der Waals surface area contributed by atoms with Crippen molar-refractivity contribution in [1.82, 2.24) is 4.98 Å². The number of rotatable bonds is 2. The Hall–Kier alpha value is -1.58. The molecule has 2 fully saturated rings. The fourth-order valence-corrected chi connectivity index (χ4v) is 2.89. The average Bonchev–Trinajstić information content (AvgIpc) is 2.91. The molecule has 1 aromatic heterocycles. The fourth-order valence-electron chi connectivity index (χ4n) is 2.89. The molecule has 0 spiro atoms. The van der Waals surface area contributed by atoms with Crippen LogP contribution in [0, 0.1) is 5.92 Å². The summed E-state index contributed by atoms with van der Waals surface area (Å²) in [5.41, 5.74) is 0.258. The van der Waals surface area contributed by atoms with Crippen LogP contribution in [0.3, 0.4) is 0 Å². The van der Waals surface area contributed by atoms with Gasteiger partial charge in [0.1, 0.15) is 5.82 Å². The Morgan fingerprint density at radius 3 is 2.81 bits per heavy atom. The lowest BCUT2D eigenvalue weighted by atomic mass is 10.1. The van der Waals surface area contributed by atoms with E-state index >= 15 is 0 Å². The molecule has 2 bridgehead atoms. The highest BCUT2D eigenvalue weighted by Gasteiger charge is 2.38. The van der Waals surface area contributed by atoms with Crippen LogP contribution in [0.5, 0.6) is 0 Å². The molecule has 1 saturated carbocycles. The standard InChI is InChI=1S/C12H14N2O2/c15-12(16)9-2-4-11(13-6-9)14-7-8-1-3-10(14)5-8/h2,4,6,8,10H,1,3,5,7H2,(H,15,16)/t8-,10-/m0/s1. The first-order valence-corrected chi connectivity index (χ1v) is 5.70. The molecule has 3 rings (SSSR count). The van der Waals surface area contributed by atoms with E-state index in [9.17, 15) is 4.79 Å². The van der Waals surface area contributed by atoms with Crippen molar-refractivity contribution in [2.45, 2.75) is 25.3 Å². The predicted octanol–water partition coefficient (Wildman–Crippen LogP) is 1.77. The van der Waals surface area contributed by atoms with Crippen LogP contribution < -0.4 is 4.90 Å². The average molecular weight is 218 g/mol. The molecule has 2 atom stereocenters. The zero-order valence-corrected chi connectivity index (χ0v) is 8.97. The Morgan fingerprint density at radius 1 is 1.44 bits per heavy atom. The largest absolute Gasteiger partial charge is 0.478 e. The van der Waals surface area contributed by atoms with Gasteiger partial charge in [0.15, 0.2) is 0 Å². The monoisotopic (exact) mass is 218 g/mol. The van der Waals surface area contributed by atoms with Gasteiger partial charge in [-0.3, -0.25) is 0 Å². The lowest BCUT2D eigenvalue weighted by molar-refractivity contribution is 0.0696. The van der Waals surface area contributed by atoms with E-state index in [0.29, 0.717) is 6.04 Å². The van der Waals surface area contributed by atoms with Crippen LogP contribution in [-0.2, 0) is 0 Å². The number of nitrogens with zero attached hydrogens (tertiary/aromatic N) is 2. The molecule has 1 N–H and O–H groups in total. The molecule has 0 amide bonds. The number of pyridine rings is 1. The summed E-state index contributed by atoms with van der Waals surface area (Å²) in [4.78, 5) is 17.3. The number of carboxylic acid groups (broad SMARTS) is 1. The molecule has 0 aromatic carbocycles. The molecule has 0 unspecified atom stereocenters. The van der Waals surface area contributed by atoms with E-state index in [1.165, 1.54) is 25.5 Å². The third kappa shape index (κ3) is 1.45. The van der Waals surface area contributed by atoms with Crippen LogP contribution in [0.4, 0.5) is 5.82 Å². The van der Waals surface area contributed by atoms with Gasteiger partial charge in [0.2, 0.25) is 0 Å². The van der Waals surface area contributed by atoms with Crippen molar-refractivity contribution in [1.29, 1.82) is 0 Å². The van der Waals surface area contributed by atoms with Crippen LogP contribution in [0.1, 0.15) is 29.6 Å². The fraction of sp³-hybridized carbons (Fsp3) is 0.500. The molecule has 1 aliphatic carbocycles. The molecule has 84 valence electrons. The highest BCUT2D eigenvalue weighted by molar-refractivity contribution is 5.87. The molecule has 1 saturated heterocycles. The first-order chi connectivity index (χ1) is 7.74. The number of aromatic nitrogens is 1. The Balaban J connectivity index is 1.82. The summed E-state index contributed by atoms with van der Waals surface area (Å²) in [5, 5.41) is 8.79. The van der Waals surface area contributed by atoms with Crippen molar-refractivity contribution in [2.75, 3.05) is 11.4 Å². The van der Waals surface area contributed by atoms with Crippen molar-refractivity contribution >= 4 is 11.8 Å². The minimum absolute atomic E-state index is 0.258. The second-order valence-electron chi connectivity index (χ2n) is 4.70. The minimum Gasteiger partial charge on any atom is -0.478 e. The van der Waals surface area contributed by atoms with Crippen LogP contribution in [0.2, 0.25) is 0 Å². The first kappa shape index (κ1) is 9.63. The molecular weight excluding hydrogens is 204 g/mol. The van der Waals surface area contributed by atoms with E-state index in [2.05, 4.69) is 9.88 Å². The molecule has 1 aliphatic heterocycles. The number of hydrogen-bond donors (Lipinski definition) is 1. The van der Waals surface area contributed by atoms with Crippen LogP contribution in [-0.4, -0.2) is 28.6 Å². The second-order valence-corrected chi connectivity index (χ2v) is 4.70. The zero-order valence-electron chi connectivity index (χ0n) is 8.97. The molecule has 2 aliphatic rings. The number of fused-ring (bicyclic) bond motifs is 2. The summed E-state index contributed by atoms with van der Waals surface area (Å²) in [7, 11) is 0. The molecule has 16 heavy (non-hydrogen) atoms. The van der Waals surface area contributed by atoms with Gasteiger partial charge >= 0.3 is 5.97 Å². The maximum absolute atomic E-state index is 10.7. The third-order valence-electron chi connectivity index (χ3n) is 3.70.